The average molecular weight is 406 g/mol. The minimum Gasteiger partial charge on any atom is -0.493 e. The summed E-state index contributed by atoms with van der Waals surface area (Å²) >= 11 is 1.42. The number of halogens is 2. The Hall–Kier alpha value is -2.81. The van der Waals surface area contributed by atoms with Crippen LogP contribution in [0.25, 0.3) is 11.4 Å². The van der Waals surface area contributed by atoms with Crippen LogP contribution in [0.4, 0.5) is 8.78 Å². The number of nitrogens with two attached hydrogens (primary N) is 1. The first-order valence-electron chi connectivity index (χ1n) is 8.52. The molecule has 0 saturated carbocycles. The highest BCUT2D eigenvalue weighted by molar-refractivity contribution is 7.99. The lowest BCUT2D eigenvalue weighted by Gasteiger charge is -2.08. The number of aromatic nitrogens is 3. The molecule has 3 rings (SSSR count). The van der Waals surface area contributed by atoms with Crippen molar-refractivity contribution in [2.75, 3.05) is 18.2 Å². The lowest BCUT2D eigenvalue weighted by atomic mass is 10.1. The number of ether oxygens (including phenoxy) is 2. The number of aryl methyl sites for hydroxylation is 2. The molecule has 0 atom stereocenters. The van der Waals surface area contributed by atoms with Crippen LogP contribution in [0.1, 0.15) is 11.1 Å². The topological polar surface area (TPSA) is 75.2 Å². The molecule has 2 N–H and O–H groups in total. The third-order valence-electron chi connectivity index (χ3n) is 3.78. The Morgan fingerprint density at radius 2 is 1.71 bits per heavy atom. The van der Waals surface area contributed by atoms with Gasteiger partial charge in [-0.05, 0) is 61.4 Å². The number of nitrogen functional groups attached to an aromatic ring is 1. The van der Waals surface area contributed by atoms with E-state index in [1.54, 1.807) is 12.1 Å². The maximum absolute atomic E-state index is 12.2. The highest BCUT2D eigenvalue weighted by atomic mass is 32.2. The van der Waals surface area contributed by atoms with Gasteiger partial charge in [-0.3, -0.25) is 0 Å². The minimum absolute atomic E-state index is 0.0694. The summed E-state index contributed by atoms with van der Waals surface area (Å²) < 4.78 is 35.9. The van der Waals surface area contributed by atoms with E-state index in [9.17, 15) is 8.78 Å². The van der Waals surface area contributed by atoms with Gasteiger partial charge in [-0.1, -0.05) is 17.8 Å². The number of hydrogen-bond donors (Lipinski definition) is 1. The van der Waals surface area contributed by atoms with Crippen LogP contribution in [-0.4, -0.2) is 33.8 Å². The van der Waals surface area contributed by atoms with E-state index >= 15 is 0 Å². The second kappa shape index (κ2) is 8.92. The zero-order valence-corrected chi connectivity index (χ0v) is 16.2. The number of nitrogens with zero attached hydrogens (tertiary/aromatic N) is 3. The van der Waals surface area contributed by atoms with Gasteiger partial charge in [0.05, 0.1) is 6.61 Å². The molecule has 3 aromatic rings. The third kappa shape index (κ3) is 5.13. The lowest BCUT2D eigenvalue weighted by molar-refractivity contribution is -0.0498. The maximum Gasteiger partial charge on any atom is 0.387 e. The van der Waals surface area contributed by atoms with Gasteiger partial charge in [-0.25, -0.2) is 4.68 Å². The van der Waals surface area contributed by atoms with E-state index in [0.29, 0.717) is 28.9 Å². The van der Waals surface area contributed by atoms with Gasteiger partial charge >= 0.3 is 6.61 Å². The zero-order chi connectivity index (χ0) is 20.1. The largest absolute Gasteiger partial charge is 0.493 e. The molecular formula is C19H20F2N4O2S. The van der Waals surface area contributed by atoms with Crippen molar-refractivity contribution in [1.29, 1.82) is 0 Å². The summed E-state index contributed by atoms with van der Waals surface area (Å²) in [5, 5.41) is 8.69. The van der Waals surface area contributed by atoms with Crippen LogP contribution < -0.4 is 15.3 Å². The normalized spacial score (nSPS) is 11.0. The Balaban J connectivity index is 1.57. The molecule has 0 bridgehead atoms. The first-order valence-corrected chi connectivity index (χ1v) is 9.50. The van der Waals surface area contributed by atoms with Crippen LogP contribution in [-0.2, 0) is 0 Å². The summed E-state index contributed by atoms with van der Waals surface area (Å²) in [5.74, 6) is 8.04. The van der Waals surface area contributed by atoms with Gasteiger partial charge in [-0.15, -0.1) is 10.2 Å². The molecule has 28 heavy (non-hydrogen) atoms. The Morgan fingerprint density at radius 3 is 2.36 bits per heavy atom. The van der Waals surface area contributed by atoms with E-state index in [-0.39, 0.29) is 5.75 Å². The number of rotatable bonds is 8. The van der Waals surface area contributed by atoms with Crippen LogP contribution >= 0.6 is 11.8 Å². The van der Waals surface area contributed by atoms with Crippen LogP contribution in [0, 0.1) is 13.8 Å². The quantitative estimate of drug-likeness (QED) is 0.346. The van der Waals surface area contributed by atoms with E-state index in [1.807, 2.05) is 26.0 Å². The van der Waals surface area contributed by atoms with E-state index in [0.717, 1.165) is 16.9 Å². The fourth-order valence-corrected chi connectivity index (χ4v) is 3.34. The summed E-state index contributed by atoms with van der Waals surface area (Å²) in [6.45, 7) is 1.69. The summed E-state index contributed by atoms with van der Waals surface area (Å²) in [6, 6.07) is 12.1. The second-order valence-corrected chi connectivity index (χ2v) is 7.16. The van der Waals surface area contributed by atoms with Crippen LogP contribution in [0.15, 0.2) is 47.6 Å². The van der Waals surface area contributed by atoms with Crippen molar-refractivity contribution >= 4 is 11.8 Å². The molecule has 148 valence electrons. The molecule has 2 aromatic carbocycles. The van der Waals surface area contributed by atoms with E-state index in [2.05, 4.69) is 21.0 Å². The fraction of sp³-hybridized carbons (Fsp3) is 0.263. The first-order chi connectivity index (χ1) is 13.4. The molecule has 0 spiro atoms. The highest BCUT2D eigenvalue weighted by Crippen LogP contribution is 2.24. The summed E-state index contributed by atoms with van der Waals surface area (Å²) in [6.07, 6.45) is 0. The molecule has 6 nitrogen and oxygen atoms in total. The number of thioether (sulfide) groups is 1. The minimum atomic E-state index is -2.86. The van der Waals surface area contributed by atoms with Gasteiger partial charge < -0.3 is 15.3 Å². The summed E-state index contributed by atoms with van der Waals surface area (Å²) in [5.41, 5.74) is 2.95. The highest BCUT2D eigenvalue weighted by Gasteiger charge is 2.13. The van der Waals surface area contributed by atoms with Crippen molar-refractivity contribution in [2.45, 2.75) is 25.6 Å². The van der Waals surface area contributed by atoms with Crippen LogP contribution in [0.5, 0.6) is 11.5 Å². The molecule has 1 heterocycles. The van der Waals surface area contributed by atoms with Crippen molar-refractivity contribution in [3.05, 3.63) is 53.6 Å². The van der Waals surface area contributed by atoms with E-state index in [4.69, 9.17) is 10.6 Å². The zero-order valence-electron chi connectivity index (χ0n) is 15.4. The van der Waals surface area contributed by atoms with Crippen molar-refractivity contribution in [3.8, 4) is 22.9 Å². The van der Waals surface area contributed by atoms with Crippen LogP contribution in [0.2, 0.25) is 0 Å². The predicted octanol–water partition coefficient (Wildman–Crippen LogP) is 4.05. The Kier molecular flexibility index (Phi) is 6.35. The molecule has 0 fully saturated rings. The monoisotopic (exact) mass is 406 g/mol. The van der Waals surface area contributed by atoms with E-state index < -0.39 is 6.61 Å². The molecule has 0 aliphatic rings. The van der Waals surface area contributed by atoms with Crippen molar-refractivity contribution < 1.29 is 18.3 Å². The maximum atomic E-state index is 12.2. The number of benzene rings is 2. The van der Waals surface area contributed by atoms with Gasteiger partial charge in [0.25, 0.3) is 0 Å². The van der Waals surface area contributed by atoms with Gasteiger partial charge in [0.1, 0.15) is 11.5 Å². The lowest BCUT2D eigenvalue weighted by Crippen LogP contribution is -2.12. The molecule has 0 aliphatic heterocycles. The molecular weight excluding hydrogens is 386 g/mol. The third-order valence-corrected chi connectivity index (χ3v) is 4.69. The Labute approximate surface area is 165 Å². The second-order valence-electron chi connectivity index (χ2n) is 6.10. The molecule has 9 heteroatoms. The predicted molar refractivity (Wildman–Crippen MR) is 104 cm³/mol. The summed E-state index contributed by atoms with van der Waals surface area (Å²) in [4.78, 5) is 0. The SMILES string of the molecule is Cc1cc(C)cc(OCCSc2nnc(-c3ccc(OC(F)F)cc3)n2N)c1. The van der Waals surface area contributed by atoms with E-state index in [1.165, 1.54) is 28.6 Å². The van der Waals surface area contributed by atoms with Crippen molar-refractivity contribution in [2.24, 2.45) is 0 Å². The van der Waals surface area contributed by atoms with Crippen molar-refractivity contribution in [3.63, 3.8) is 0 Å². The molecule has 0 amide bonds. The Bertz CT molecular complexity index is 912. The standard InChI is InChI=1S/C19H20F2N4O2S/c1-12-9-13(2)11-16(10-12)26-7-8-28-19-24-23-17(25(19)22)14-3-5-15(6-4-14)27-18(20)21/h3-6,9-11,18H,7-8,22H2,1-2H3. The average Bonchev–Trinajstić information content (AvgIpc) is 2.99. The van der Waals surface area contributed by atoms with Crippen LogP contribution in [0.3, 0.4) is 0 Å². The molecule has 0 aliphatic carbocycles. The van der Waals surface area contributed by atoms with Crippen molar-refractivity contribution in [1.82, 2.24) is 14.9 Å². The van der Waals surface area contributed by atoms with Gasteiger partial charge in [0.2, 0.25) is 5.16 Å². The molecule has 0 unspecified atom stereocenters. The number of alkyl halides is 2. The molecule has 0 radical (unpaired) electrons. The number of hydrogen-bond acceptors (Lipinski definition) is 6. The van der Waals surface area contributed by atoms with Gasteiger partial charge in [0, 0.05) is 11.3 Å². The van der Waals surface area contributed by atoms with Gasteiger partial charge in [-0.2, -0.15) is 8.78 Å². The fourth-order valence-electron chi connectivity index (χ4n) is 2.67. The summed E-state index contributed by atoms with van der Waals surface area (Å²) in [7, 11) is 0. The Morgan fingerprint density at radius 1 is 1.04 bits per heavy atom. The molecule has 1 aromatic heterocycles. The smallest absolute Gasteiger partial charge is 0.387 e. The van der Waals surface area contributed by atoms with Gasteiger partial charge in [0.15, 0.2) is 5.82 Å². The first kappa shape index (κ1) is 19.9. The molecule has 0 saturated heterocycles.